The Balaban J connectivity index is 1.03. The first kappa shape index (κ1) is 28.6. The Hall–Kier alpha value is -6.58. The number of hydrogen-bond donors (Lipinski definition) is 0. The van der Waals surface area contributed by atoms with Gasteiger partial charge in [-0.25, -0.2) is 9.97 Å². The van der Waals surface area contributed by atoms with E-state index in [0.717, 1.165) is 44.9 Å². The van der Waals surface area contributed by atoms with Gasteiger partial charge in [0.1, 0.15) is 0 Å². The molecule has 49 heavy (non-hydrogen) atoms. The van der Waals surface area contributed by atoms with Gasteiger partial charge in [0.15, 0.2) is 5.82 Å². The number of fused-ring (bicyclic) bond motifs is 3. The van der Waals surface area contributed by atoms with E-state index in [1.54, 1.807) is 0 Å². The van der Waals surface area contributed by atoms with Crippen molar-refractivity contribution in [2.75, 3.05) is 0 Å². The van der Waals surface area contributed by atoms with Gasteiger partial charge in [-0.1, -0.05) is 152 Å². The molecule has 0 aliphatic rings. The maximum atomic E-state index is 5.03. The van der Waals surface area contributed by atoms with Crippen molar-refractivity contribution >= 4 is 21.8 Å². The molecule has 2 aromatic heterocycles. The fraction of sp³-hybridized carbons (Fsp3) is 0. The van der Waals surface area contributed by atoms with Crippen LogP contribution in [0.25, 0.3) is 83.6 Å². The first-order valence-electron chi connectivity index (χ1n) is 16.6. The summed E-state index contributed by atoms with van der Waals surface area (Å²) in [6.45, 7) is 0. The van der Waals surface area contributed by atoms with Crippen molar-refractivity contribution in [1.29, 1.82) is 0 Å². The second-order valence-electron chi connectivity index (χ2n) is 12.3. The van der Waals surface area contributed by atoms with Crippen LogP contribution in [-0.2, 0) is 0 Å². The van der Waals surface area contributed by atoms with E-state index in [1.165, 1.54) is 32.9 Å². The first-order chi connectivity index (χ1) is 24.3. The fourth-order valence-electron chi connectivity index (χ4n) is 6.79. The third kappa shape index (κ3) is 5.38. The molecule has 2 heterocycles. The zero-order chi connectivity index (χ0) is 32.6. The molecule has 0 saturated heterocycles. The number of hydrogen-bond acceptors (Lipinski definition) is 2. The fourth-order valence-corrected chi connectivity index (χ4v) is 6.79. The van der Waals surface area contributed by atoms with E-state index in [2.05, 4.69) is 156 Å². The van der Waals surface area contributed by atoms with Crippen LogP contribution in [0.1, 0.15) is 0 Å². The zero-order valence-corrected chi connectivity index (χ0v) is 26.7. The topological polar surface area (TPSA) is 30.7 Å². The van der Waals surface area contributed by atoms with Crippen LogP contribution in [0.2, 0.25) is 0 Å². The van der Waals surface area contributed by atoms with Crippen molar-refractivity contribution in [3.05, 3.63) is 188 Å². The molecule has 0 N–H and O–H groups in total. The van der Waals surface area contributed by atoms with E-state index >= 15 is 0 Å². The van der Waals surface area contributed by atoms with Gasteiger partial charge in [-0.2, -0.15) is 0 Å². The molecule has 0 aliphatic heterocycles. The van der Waals surface area contributed by atoms with Crippen LogP contribution in [0.15, 0.2) is 188 Å². The van der Waals surface area contributed by atoms with Crippen molar-refractivity contribution < 1.29 is 0 Å². The molecule has 3 heteroatoms. The Kier molecular flexibility index (Phi) is 7.14. The number of aromatic nitrogens is 3. The van der Waals surface area contributed by atoms with Gasteiger partial charge in [-0.15, -0.1) is 0 Å². The third-order valence-electron chi connectivity index (χ3n) is 9.24. The van der Waals surface area contributed by atoms with E-state index < -0.39 is 0 Å². The van der Waals surface area contributed by atoms with Crippen LogP contribution in [0.3, 0.4) is 0 Å². The van der Waals surface area contributed by atoms with Crippen LogP contribution in [0.4, 0.5) is 0 Å². The van der Waals surface area contributed by atoms with Crippen molar-refractivity contribution in [2.24, 2.45) is 0 Å². The van der Waals surface area contributed by atoms with E-state index in [-0.39, 0.29) is 0 Å². The third-order valence-corrected chi connectivity index (χ3v) is 9.24. The van der Waals surface area contributed by atoms with Crippen LogP contribution < -0.4 is 0 Å². The Morgan fingerprint density at radius 3 is 1.29 bits per heavy atom. The number of para-hydroxylation sites is 2. The average molecular weight is 626 g/mol. The standard InChI is InChI=1S/C46H31N3/c1-3-12-35(13-4-1)42-31-43(36-14-5-2-6-15-36)48-46(47-42)38-17-11-16-37(30-38)34-24-22-32(23-25-34)33-26-28-39(29-27-33)49-44-20-9-7-18-40(44)41-19-8-10-21-45(41)49/h1-31H. The van der Waals surface area contributed by atoms with Gasteiger partial charge in [0.25, 0.3) is 0 Å². The highest BCUT2D eigenvalue weighted by Crippen LogP contribution is 2.34. The van der Waals surface area contributed by atoms with E-state index in [4.69, 9.17) is 9.97 Å². The van der Waals surface area contributed by atoms with E-state index in [0.29, 0.717) is 5.82 Å². The largest absolute Gasteiger partial charge is 0.309 e. The molecule has 230 valence electrons. The Morgan fingerprint density at radius 2 is 0.735 bits per heavy atom. The Morgan fingerprint density at radius 1 is 0.306 bits per heavy atom. The van der Waals surface area contributed by atoms with E-state index in [9.17, 15) is 0 Å². The summed E-state index contributed by atoms with van der Waals surface area (Å²) < 4.78 is 2.35. The van der Waals surface area contributed by atoms with Crippen molar-refractivity contribution in [2.45, 2.75) is 0 Å². The maximum Gasteiger partial charge on any atom is 0.160 e. The molecule has 9 rings (SSSR count). The molecule has 0 amide bonds. The summed E-state index contributed by atoms with van der Waals surface area (Å²) in [5.74, 6) is 0.710. The maximum absolute atomic E-state index is 5.03. The molecular weight excluding hydrogens is 595 g/mol. The zero-order valence-electron chi connectivity index (χ0n) is 26.7. The Labute approximate surface area is 285 Å². The molecular formula is C46H31N3. The molecule has 0 radical (unpaired) electrons. The summed E-state index contributed by atoms with van der Waals surface area (Å²) in [7, 11) is 0. The normalized spacial score (nSPS) is 11.3. The summed E-state index contributed by atoms with van der Waals surface area (Å²) in [5.41, 5.74) is 13.2. The lowest BCUT2D eigenvalue weighted by Crippen LogP contribution is -1.96. The number of rotatable bonds is 6. The summed E-state index contributed by atoms with van der Waals surface area (Å²) in [6.07, 6.45) is 0. The highest BCUT2D eigenvalue weighted by atomic mass is 15.0. The molecule has 0 unspecified atom stereocenters. The second kappa shape index (κ2) is 12.2. The van der Waals surface area contributed by atoms with Gasteiger partial charge in [-0.05, 0) is 58.7 Å². The van der Waals surface area contributed by atoms with Gasteiger partial charge in [0, 0.05) is 33.2 Å². The molecule has 0 bridgehead atoms. The molecule has 0 saturated carbocycles. The Bertz CT molecular complexity index is 2460. The van der Waals surface area contributed by atoms with Crippen molar-refractivity contribution in [3.8, 4) is 61.8 Å². The SMILES string of the molecule is c1ccc(-c2cc(-c3ccccc3)nc(-c3cccc(-c4ccc(-c5ccc(-n6c7ccccc7c7ccccc76)cc5)cc4)c3)n2)cc1. The van der Waals surface area contributed by atoms with Gasteiger partial charge in [0.05, 0.1) is 22.4 Å². The number of benzene rings is 7. The average Bonchev–Trinajstić information content (AvgIpc) is 3.53. The summed E-state index contributed by atoms with van der Waals surface area (Å²) >= 11 is 0. The lowest BCUT2D eigenvalue weighted by Gasteiger charge is -2.11. The highest BCUT2D eigenvalue weighted by Gasteiger charge is 2.13. The molecule has 9 aromatic rings. The predicted molar refractivity (Wildman–Crippen MR) is 204 cm³/mol. The molecule has 3 nitrogen and oxygen atoms in total. The van der Waals surface area contributed by atoms with Gasteiger partial charge in [0.2, 0.25) is 0 Å². The monoisotopic (exact) mass is 625 g/mol. The lowest BCUT2D eigenvalue weighted by atomic mass is 9.98. The molecule has 0 fully saturated rings. The minimum Gasteiger partial charge on any atom is -0.309 e. The molecule has 0 spiro atoms. The molecule has 7 aromatic carbocycles. The van der Waals surface area contributed by atoms with Gasteiger partial charge < -0.3 is 4.57 Å². The smallest absolute Gasteiger partial charge is 0.160 e. The highest BCUT2D eigenvalue weighted by molar-refractivity contribution is 6.09. The lowest BCUT2D eigenvalue weighted by molar-refractivity contribution is 1.18. The van der Waals surface area contributed by atoms with Crippen LogP contribution in [0.5, 0.6) is 0 Å². The van der Waals surface area contributed by atoms with Gasteiger partial charge >= 0.3 is 0 Å². The molecule has 0 aliphatic carbocycles. The minimum atomic E-state index is 0.710. The van der Waals surface area contributed by atoms with Crippen LogP contribution >= 0.6 is 0 Å². The second-order valence-corrected chi connectivity index (χ2v) is 12.3. The van der Waals surface area contributed by atoms with Crippen LogP contribution in [0, 0.1) is 0 Å². The van der Waals surface area contributed by atoms with Crippen molar-refractivity contribution in [1.82, 2.24) is 14.5 Å². The summed E-state index contributed by atoms with van der Waals surface area (Å²) in [5, 5.41) is 2.54. The number of nitrogens with zero attached hydrogens (tertiary/aromatic N) is 3. The summed E-state index contributed by atoms with van der Waals surface area (Å²) in [4.78, 5) is 10.1. The molecule has 0 atom stereocenters. The minimum absolute atomic E-state index is 0.710. The summed E-state index contributed by atoms with van der Waals surface area (Å²) in [6, 6.07) is 66.2. The van der Waals surface area contributed by atoms with Crippen molar-refractivity contribution in [3.63, 3.8) is 0 Å². The van der Waals surface area contributed by atoms with Gasteiger partial charge in [-0.3, -0.25) is 0 Å². The first-order valence-corrected chi connectivity index (χ1v) is 16.6. The van der Waals surface area contributed by atoms with E-state index in [1.807, 2.05) is 36.4 Å². The quantitative estimate of drug-likeness (QED) is 0.184. The van der Waals surface area contributed by atoms with Crippen LogP contribution in [-0.4, -0.2) is 14.5 Å². The predicted octanol–water partition coefficient (Wildman–Crippen LogP) is 11.9.